The third-order valence-corrected chi connectivity index (χ3v) is 2.86. The van der Waals surface area contributed by atoms with Gasteiger partial charge in [0, 0.05) is 18.0 Å². The monoisotopic (exact) mass is 289 g/mol. The van der Waals surface area contributed by atoms with Gasteiger partial charge in [-0.15, -0.1) is 0 Å². The molecule has 2 aromatic heterocycles. The smallest absolute Gasteiger partial charge is 0.289 e. The molecule has 0 aliphatic carbocycles. The van der Waals surface area contributed by atoms with E-state index < -0.39 is 24.1 Å². The Morgan fingerprint density at radius 1 is 1.30 bits per heavy atom. The molecule has 20 heavy (non-hydrogen) atoms. The molecular formula is C12H11F4N3O. The number of pyridine rings is 1. The Labute approximate surface area is 111 Å². The highest BCUT2D eigenvalue weighted by Gasteiger charge is 2.32. The summed E-state index contributed by atoms with van der Waals surface area (Å²) in [6.45, 7) is 1.23. The summed E-state index contributed by atoms with van der Waals surface area (Å²) in [5.41, 5.74) is -2.17. The van der Waals surface area contributed by atoms with E-state index in [1.807, 2.05) is 0 Å². The van der Waals surface area contributed by atoms with Crippen LogP contribution in [-0.4, -0.2) is 26.3 Å². The zero-order chi connectivity index (χ0) is 14.9. The number of nitrogens with zero attached hydrogens (tertiary/aromatic N) is 3. The second-order valence-electron chi connectivity index (χ2n) is 4.32. The zero-order valence-corrected chi connectivity index (χ0v) is 10.3. The summed E-state index contributed by atoms with van der Waals surface area (Å²) >= 11 is 0. The molecule has 0 amide bonds. The summed E-state index contributed by atoms with van der Waals surface area (Å²) in [5, 5.41) is 13.9. The maximum atomic E-state index is 13.6. The molecule has 0 aliphatic heterocycles. The van der Waals surface area contributed by atoms with Crippen LogP contribution in [0.25, 0.3) is 0 Å². The third kappa shape index (κ3) is 2.51. The molecule has 0 saturated heterocycles. The lowest BCUT2D eigenvalue weighted by Gasteiger charge is -2.22. The highest BCUT2D eigenvalue weighted by atomic mass is 19.3. The predicted octanol–water partition coefficient (Wildman–Crippen LogP) is 2.41. The van der Waals surface area contributed by atoms with Gasteiger partial charge in [-0.05, 0) is 19.1 Å². The summed E-state index contributed by atoms with van der Waals surface area (Å²) in [5.74, 6) is -0.780. The van der Waals surface area contributed by atoms with E-state index in [0.29, 0.717) is 4.68 Å². The van der Waals surface area contributed by atoms with Crippen molar-refractivity contribution < 1.29 is 22.7 Å². The fraction of sp³-hybridized carbons (Fsp3) is 0.333. The second kappa shape index (κ2) is 5.20. The highest BCUT2D eigenvalue weighted by Crippen LogP contribution is 2.30. The lowest BCUT2D eigenvalue weighted by Crippen LogP contribution is -2.26. The van der Waals surface area contributed by atoms with Gasteiger partial charge in [0.2, 0.25) is 0 Å². The minimum atomic E-state index is -3.25. The van der Waals surface area contributed by atoms with Crippen molar-refractivity contribution in [2.75, 3.05) is 0 Å². The highest BCUT2D eigenvalue weighted by molar-refractivity contribution is 5.30. The molecule has 2 rings (SSSR count). The van der Waals surface area contributed by atoms with E-state index in [9.17, 15) is 22.7 Å². The molecule has 8 heteroatoms. The molecule has 0 saturated carbocycles. The lowest BCUT2D eigenvalue weighted by molar-refractivity contribution is -0.000808. The van der Waals surface area contributed by atoms with Crippen LogP contribution in [0.2, 0.25) is 0 Å². The average Bonchev–Trinajstić information content (AvgIpc) is 2.88. The average molecular weight is 289 g/mol. The Bertz CT molecular complexity index is 600. The van der Waals surface area contributed by atoms with Crippen molar-refractivity contribution in [1.29, 1.82) is 0 Å². The van der Waals surface area contributed by atoms with Gasteiger partial charge >= 0.3 is 0 Å². The number of hydrogen-bond donors (Lipinski definition) is 1. The van der Waals surface area contributed by atoms with Crippen molar-refractivity contribution in [3.05, 3.63) is 47.8 Å². The van der Waals surface area contributed by atoms with Gasteiger partial charge in [0.05, 0.1) is 11.9 Å². The van der Waals surface area contributed by atoms with E-state index in [-0.39, 0.29) is 11.3 Å². The van der Waals surface area contributed by atoms with Crippen LogP contribution in [0.4, 0.5) is 17.6 Å². The van der Waals surface area contributed by atoms with Gasteiger partial charge < -0.3 is 5.11 Å². The first kappa shape index (κ1) is 14.4. The normalized spacial score (nSPS) is 16.1. The molecule has 2 unspecified atom stereocenters. The molecule has 1 N–H and O–H groups in total. The molecule has 0 radical (unpaired) electrons. The van der Waals surface area contributed by atoms with Gasteiger partial charge in [-0.25, -0.2) is 22.2 Å². The molecule has 0 bridgehead atoms. The maximum Gasteiger partial charge on any atom is 0.289 e. The van der Waals surface area contributed by atoms with Crippen LogP contribution in [0.3, 0.4) is 0 Å². The zero-order valence-electron chi connectivity index (χ0n) is 10.3. The van der Waals surface area contributed by atoms with E-state index in [0.717, 1.165) is 18.5 Å². The lowest BCUT2D eigenvalue weighted by atomic mass is 9.93. The number of halogens is 4. The fourth-order valence-electron chi connectivity index (χ4n) is 1.76. The van der Waals surface area contributed by atoms with Crippen molar-refractivity contribution in [2.45, 2.75) is 25.2 Å². The molecule has 2 aromatic rings. The quantitative estimate of drug-likeness (QED) is 0.879. The summed E-state index contributed by atoms with van der Waals surface area (Å²) in [7, 11) is 0. The van der Waals surface area contributed by atoms with Crippen molar-refractivity contribution in [3.8, 4) is 0 Å². The van der Waals surface area contributed by atoms with Crippen molar-refractivity contribution in [2.24, 2.45) is 0 Å². The van der Waals surface area contributed by atoms with E-state index >= 15 is 0 Å². The topological polar surface area (TPSA) is 50.9 Å². The first-order chi connectivity index (χ1) is 9.34. The van der Waals surface area contributed by atoms with Crippen molar-refractivity contribution in [1.82, 2.24) is 14.8 Å². The Balaban J connectivity index is 2.38. The van der Waals surface area contributed by atoms with Crippen LogP contribution < -0.4 is 0 Å². The Kier molecular flexibility index (Phi) is 3.76. The van der Waals surface area contributed by atoms with Gasteiger partial charge in [-0.2, -0.15) is 5.10 Å². The molecule has 4 nitrogen and oxygen atoms in total. The number of alkyl halides is 3. The molecule has 0 fully saturated rings. The predicted molar refractivity (Wildman–Crippen MR) is 61.2 cm³/mol. The van der Waals surface area contributed by atoms with Crippen LogP contribution in [0.1, 0.15) is 24.5 Å². The van der Waals surface area contributed by atoms with Crippen molar-refractivity contribution in [3.63, 3.8) is 0 Å². The van der Waals surface area contributed by atoms with Gasteiger partial charge in [0.25, 0.3) is 12.7 Å². The Morgan fingerprint density at radius 2 is 2.00 bits per heavy atom. The largest absolute Gasteiger partial charge is 0.379 e. The molecule has 0 spiro atoms. The first-order valence-corrected chi connectivity index (χ1v) is 5.64. The van der Waals surface area contributed by atoms with Crippen LogP contribution in [0.15, 0.2) is 30.7 Å². The van der Waals surface area contributed by atoms with Crippen molar-refractivity contribution >= 4 is 0 Å². The standard InChI is InChI=1S/C12H11F4N3O/c1-12(20,7-2-4-17-6-8(7)13)9-3-5-19(18-9)11(16)10(14)15/h2-6,10-11,20H,1H3. The molecule has 2 atom stereocenters. The molecule has 2 heterocycles. The van der Waals surface area contributed by atoms with Crippen LogP contribution in [0.5, 0.6) is 0 Å². The first-order valence-electron chi connectivity index (χ1n) is 5.64. The van der Waals surface area contributed by atoms with E-state index in [1.54, 1.807) is 0 Å². The SMILES string of the molecule is CC(O)(c1ccn(C(F)C(F)F)n1)c1ccncc1F. The maximum absolute atomic E-state index is 13.6. The number of hydrogen-bond acceptors (Lipinski definition) is 3. The third-order valence-electron chi connectivity index (χ3n) is 2.86. The summed E-state index contributed by atoms with van der Waals surface area (Å²) in [6, 6.07) is 2.38. The number of aliphatic hydroxyl groups is 1. The van der Waals surface area contributed by atoms with Gasteiger partial charge in [-0.1, -0.05) is 0 Å². The van der Waals surface area contributed by atoms with E-state index in [1.165, 1.54) is 19.2 Å². The van der Waals surface area contributed by atoms with Gasteiger partial charge in [0.15, 0.2) is 0 Å². The second-order valence-corrected chi connectivity index (χ2v) is 4.32. The fourth-order valence-corrected chi connectivity index (χ4v) is 1.76. The molecule has 0 aromatic carbocycles. The van der Waals surface area contributed by atoms with Crippen LogP contribution >= 0.6 is 0 Å². The van der Waals surface area contributed by atoms with E-state index in [4.69, 9.17) is 0 Å². The molecule has 108 valence electrons. The Morgan fingerprint density at radius 3 is 2.60 bits per heavy atom. The number of aromatic nitrogens is 3. The minimum absolute atomic E-state index is 0.134. The van der Waals surface area contributed by atoms with E-state index in [2.05, 4.69) is 10.1 Å². The summed E-state index contributed by atoms with van der Waals surface area (Å²) < 4.78 is 51.6. The Hall–Kier alpha value is -1.96. The summed E-state index contributed by atoms with van der Waals surface area (Å²) in [6.07, 6.45) is -2.74. The van der Waals surface area contributed by atoms with Crippen LogP contribution in [0, 0.1) is 5.82 Å². The molecular weight excluding hydrogens is 278 g/mol. The minimum Gasteiger partial charge on any atom is -0.379 e. The van der Waals surface area contributed by atoms with Crippen LogP contribution in [-0.2, 0) is 5.60 Å². The van der Waals surface area contributed by atoms with Gasteiger partial charge in [0.1, 0.15) is 11.4 Å². The van der Waals surface area contributed by atoms with Gasteiger partial charge in [-0.3, -0.25) is 4.98 Å². The number of rotatable bonds is 4. The molecule has 0 aliphatic rings. The summed E-state index contributed by atoms with van der Waals surface area (Å²) in [4.78, 5) is 3.54.